The maximum atomic E-state index is 13.6. The SMILES string of the molecule is CC1Cc2ccccc2N1CCC(=O)c1ccccc1F. The fourth-order valence-corrected chi connectivity index (χ4v) is 3.01. The third-order valence-corrected chi connectivity index (χ3v) is 4.10. The monoisotopic (exact) mass is 283 g/mol. The summed E-state index contributed by atoms with van der Waals surface area (Å²) in [5.41, 5.74) is 2.72. The number of Topliss-reactive ketones (excluding diaryl/α,β-unsaturated/α-hetero) is 1. The smallest absolute Gasteiger partial charge is 0.167 e. The normalized spacial score (nSPS) is 16.9. The van der Waals surface area contributed by atoms with E-state index in [0.29, 0.717) is 19.0 Å². The van der Waals surface area contributed by atoms with Crippen LogP contribution in [0.5, 0.6) is 0 Å². The van der Waals surface area contributed by atoms with Crippen molar-refractivity contribution in [1.29, 1.82) is 0 Å². The lowest BCUT2D eigenvalue weighted by Gasteiger charge is -2.24. The van der Waals surface area contributed by atoms with E-state index in [2.05, 4.69) is 24.0 Å². The Morgan fingerprint density at radius 3 is 2.71 bits per heavy atom. The van der Waals surface area contributed by atoms with Crippen LogP contribution in [0.1, 0.15) is 29.3 Å². The predicted octanol–water partition coefficient (Wildman–Crippen LogP) is 3.85. The Balaban J connectivity index is 1.71. The highest BCUT2D eigenvalue weighted by Crippen LogP contribution is 2.31. The van der Waals surface area contributed by atoms with Crippen LogP contribution >= 0.6 is 0 Å². The summed E-state index contributed by atoms with van der Waals surface area (Å²) in [5.74, 6) is -0.568. The number of anilines is 1. The lowest BCUT2D eigenvalue weighted by atomic mass is 10.1. The quantitative estimate of drug-likeness (QED) is 0.794. The van der Waals surface area contributed by atoms with Gasteiger partial charge in [0.2, 0.25) is 0 Å². The van der Waals surface area contributed by atoms with E-state index in [0.717, 1.165) is 6.42 Å². The van der Waals surface area contributed by atoms with E-state index < -0.39 is 5.82 Å². The minimum absolute atomic E-state index is 0.135. The van der Waals surface area contributed by atoms with Crippen molar-refractivity contribution in [3.63, 3.8) is 0 Å². The largest absolute Gasteiger partial charge is 0.368 e. The summed E-state index contributed by atoms with van der Waals surface area (Å²) in [7, 11) is 0. The van der Waals surface area contributed by atoms with Gasteiger partial charge in [0.15, 0.2) is 5.78 Å². The number of para-hydroxylation sites is 1. The molecule has 0 aliphatic carbocycles. The van der Waals surface area contributed by atoms with Gasteiger partial charge < -0.3 is 4.90 Å². The van der Waals surface area contributed by atoms with Crippen molar-refractivity contribution in [3.05, 3.63) is 65.5 Å². The van der Waals surface area contributed by atoms with Crippen LogP contribution in [-0.4, -0.2) is 18.4 Å². The summed E-state index contributed by atoms with van der Waals surface area (Å²) in [6.45, 7) is 2.79. The van der Waals surface area contributed by atoms with E-state index in [1.54, 1.807) is 18.2 Å². The molecular formula is C18H18FNO. The fraction of sp³-hybridized carbons (Fsp3) is 0.278. The zero-order valence-electron chi connectivity index (χ0n) is 12.1. The maximum absolute atomic E-state index is 13.6. The van der Waals surface area contributed by atoms with Gasteiger partial charge in [0.05, 0.1) is 5.56 Å². The van der Waals surface area contributed by atoms with Gasteiger partial charge in [-0.25, -0.2) is 4.39 Å². The summed E-state index contributed by atoms with van der Waals surface area (Å²) in [6.07, 6.45) is 1.34. The number of carbonyl (C=O) groups excluding carboxylic acids is 1. The Kier molecular flexibility index (Phi) is 3.74. The van der Waals surface area contributed by atoms with Crippen molar-refractivity contribution < 1.29 is 9.18 Å². The van der Waals surface area contributed by atoms with E-state index in [-0.39, 0.29) is 11.3 Å². The molecule has 3 rings (SSSR count). The summed E-state index contributed by atoms with van der Waals surface area (Å²) in [5, 5.41) is 0. The molecule has 0 N–H and O–H groups in total. The first-order valence-corrected chi connectivity index (χ1v) is 7.29. The molecule has 0 aromatic heterocycles. The molecule has 2 aromatic carbocycles. The van der Waals surface area contributed by atoms with Crippen molar-refractivity contribution in [2.24, 2.45) is 0 Å². The number of carbonyl (C=O) groups is 1. The number of ketones is 1. The van der Waals surface area contributed by atoms with Gasteiger partial charge >= 0.3 is 0 Å². The van der Waals surface area contributed by atoms with Gasteiger partial charge in [-0.1, -0.05) is 30.3 Å². The van der Waals surface area contributed by atoms with Crippen molar-refractivity contribution in [2.75, 3.05) is 11.4 Å². The lowest BCUT2D eigenvalue weighted by Crippen LogP contribution is -2.31. The first-order valence-electron chi connectivity index (χ1n) is 7.29. The molecule has 0 saturated heterocycles. The molecule has 1 unspecified atom stereocenters. The minimum atomic E-state index is -0.433. The molecule has 1 atom stereocenters. The van der Waals surface area contributed by atoms with Crippen LogP contribution in [-0.2, 0) is 6.42 Å². The van der Waals surface area contributed by atoms with Crippen LogP contribution in [0.2, 0.25) is 0 Å². The van der Waals surface area contributed by atoms with Gasteiger partial charge in [0.1, 0.15) is 5.82 Å². The standard InChI is InChI=1S/C18H18FNO/c1-13-12-14-6-2-5-9-17(14)20(13)11-10-18(21)15-7-3-4-8-16(15)19/h2-9,13H,10-12H2,1H3. The van der Waals surface area contributed by atoms with Gasteiger partial charge in [-0.15, -0.1) is 0 Å². The van der Waals surface area contributed by atoms with Crippen LogP contribution in [0.15, 0.2) is 48.5 Å². The van der Waals surface area contributed by atoms with Gasteiger partial charge in [-0.3, -0.25) is 4.79 Å². The molecule has 0 fully saturated rings. The van der Waals surface area contributed by atoms with E-state index >= 15 is 0 Å². The molecule has 2 aromatic rings. The number of rotatable bonds is 4. The molecule has 0 radical (unpaired) electrons. The van der Waals surface area contributed by atoms with Gasteiger partial charge in [-0.05, 0) is 37.1 Å². The molecule has 21 heavy (non-hydrogen) atoms. The number of halogens is 1. The zero-order valence-corrected chi connectivity index (χ0v) is 12.1. The maximum Gasteiger partial charge on any atom is 0.167 e. The molecular weight excluding hydrogens is 265 g/mol. The average Bonchev–Trinajstić information content (AvgIpc) is 2.81. The third kappa shape index (κ3) is 2.68. The Labute approximate surface area is 124 Å². The first-order chi connectivity index (χ1) is 10.2. The van der Waals surface area contributed by atoms with Gasteiger partial charge in [0, 0.05) is 24.7 Å². The van der Waals surface area contributed by atoms with E-state index in [9.17, 15) is 9.18 Å². The minimum Gasteiger partial charge on any atom is -0.368 e. The van der Waals surface area contributed by atoms with E-state index in [1.807, 2.05) is 12.1 Å². The highest BCUT2D eigenvalue weighted by atomic mass is 19.1. The number of hydrogen-bond donors (Lipinski definition) is 0. The first kappa shape index (κ1) is 13.8. The molecule has 1 heterocycles. The second-order valence-electron chi connectivity index (χ2n) is 5.53. The third-order valence-electron chi connectivity index (χ3n) is 4.10. The van der Waals surface area contributed by atoms with Crippen LogP contribution in [0.4, 0.5) is 10.1 Å². The van der Waals surface area contributed by atoms with Gasteiger partial charge in [0.25, 0.3) is 0 Å². The summed E-state index contributed by atoms with van der Waals surface area (Å²) in [6, 6.07) is 14.9. The van der Waals surface area contributed by atoms with Crippen LogP contribution in [0.3, 0.4) is 0 Å². The van der Waals surface area contributed by atoms with Crippen LogP contribution in [0.25, 0.3) is 0 Å². The van der Waals surface area contributed by atoms with Crippen molar-refractivity contribution in [1.82, 2.24) is 0 Å². The average molecular weight is 283 g/mol. The number of fused-ring (bicyclic) bond motifs is 1. The van der Waals surface area contributed by atoms with Crippen LogP contribution < -0.4 is 4.90 Å². The number of nitrogens with zero attached hydrogens (tertiary/aromatic N) is 1. The molecule has 3 heteroatoms. The molecule has 1 aliphatic heterocycles. The molecule has 0 amide bonds. The zero-order chi connectivity index (χ0) is 14.8. The Morgan fingerprint density at radius 1 is 1.19 bits per heavy atom. The van der Waals surface area contributed by atoms with Crippen molar-refractivity contribution in [2.45, 2.75) is 25.8 Å². The summed E-state index contributed by atoms with van der Waals surface area (Å²) in [4.78, 5) is 14.4. The van der Waals surface area contributed by atoms with Gasteiger partial charge in [-0.2, -0.15) is 0 Å². The Hall–Kier alpha value is -2.16. The molecule has 1 aliphatic rings. The lowest BCUT2D eigenvalue weighted by molar-refractivity contribution is 0.0980. The number of hydrogen-bond acceptors (Lipinski definition) is 2. The second-order valence-corrected chi connectivity index (χ2v) is 5.53. The summed E-state index contributed by atoms with van der Waals surface area (Å²) >= 11 is 0. The van der Waals surface area contributed by atoms with Crippen molar-refractivity contribution >= 4 is 11.5 Å². The molecule has 2 nitrogen and oxygen atoms in total. The van der Waals surface area contributed by atoms with E-state index in [1.165, 1.54) is 17.3 Å². The second kappa shape index (κ2) is 5.68. The highest BCUT2D eigenvalue weighted by Gasteiger charge is 2.25. The molecule has 0 spiro atoms. The number of benzene rings is 2. The molecule has 108 valence electrons. The summed E-state index contributed by atoms with van der Waals surface area (Å²) < 4.78 is 13.6. The fourth-order valence-electron chi connectivity index (χ4n) is 3.01. The predicted molar refractivity (Wildman–Crippen MR) is 82.3 cm³/mol. The topological polar surface area (TPSA) is 20.3 Å². The van der Waals surface area contributed by atoms with Crippen LogP contribution in [0, 0.1) is 5.82 Å². The highest BCUT2D eigenvalue weighted by molar-refractivity contribution is 5.96. The van der Waals surface area contributed by atoms with Crippen molar-refractivity contribution in [3.8, 4) is 0 Å². The van der Waals surface area contributed by atoms with E-state index in [4.69, 9.17) is 0 Å². The molecule has 0 saturated carbocycles. The Bertz CT molecular complexity index is 668. The molecule has 0 bridgehead atoms. The Morgan fingerprint density at radius 2 is 1.90 bits per heavy atom.